The zero-order valence-corrected chi connectivity index (χ0v) is 14.5. The smallest absolute Gasteiger partial charge is 0.251 e. The summed E-state index contributed by atoms with van der Waals surface area (Å²) in [6.07, 6.45) is 0. The second kappa shape index (κ2) is 8.13. The lowest BCUT2D eigenvalue weighted by Crippen LogP contribution is -2.09. The molecule has 1 aromatic carbocycles. The number of rotatable bonds is 6. The van der Waals surface area contributed by atoms with Crippen LogP contribution in [0.1, 0.15) is 18.2 Å². The quantitative estimate of drug-likeness (QED) is 0.602. The van der Waals surface area contributed by atoms with Crippen LogP contribution >= 0.6 is 46.7 Å². The van der Waals surface area contributed by atoms with E-state index in [-0.39, 0.29) is 5.56 Å². The number of hydrogen-bond acceptors (Lipinski definition) is 4. The first-order valence-electron chi connectivity index (χ1n) is 6.33. The highest BCUT2D eigenvalue weighted by Crippen LogP contribution is 2.26. The Morgan fingerprint density at radius 1 is 1.24 bits per heavy atom. The number of H-pyrrole nitrogens is 1. The Hall–Kier alpha value is -0.620. The standard InChI is InChI=1S/C14H14Cl2N2OS2/c1-2-20-8-11-6-13(19)18-14(17-11)21-7-9-3-4-10(15)5-12(9)16/h3-6H,2,7-8H2,1H3,(H,17,18,19). The molecule has 0 amide bonds. The Balaban J connectivity index is 2.08. The third kappa shape index (κ3) is 5.25. The highest BCUT2D eigenvalue weighted by atomic mass is 35.5. The van der Waals surface area contributed by atoms with Crippen molar-refractivity contribution in [2.24, 2.45) is 0 Å². The van der Waals surface area contributed by atoms with Crippen LogP contribution < -0.4 is 5.56 Å². The van der Waals surface area contributed by atoms with Crippen LogP contribution in [-0.2, 0) is 11.5 Å². The van der Waals surface area contributed by atoms with Gasteiger partial charge in [0.1, 0.15) is 0 Å². The highest BCUT2D eigenvalue weighted by molar-refractivity contribution is 7.98. The van der Waals surface area contributed by atoms with Crippen LogP contribution in [0.3, 0.4) is 0 Å². The van der Waals surface area contributed by atoms with Crippen LogP contribution in [0.4, 0.5) is 0 Å². The lowest BCUT2D eigenvalue weighted by molar-refractivity contribution is 0.899. The van der Waals surface area contributed by atoms with E-state index in [1.807, 2.05) is 6.07 Å². The Labute approximate surface area is 141 Å². The maximum absolute atomic E-state index is 11.6. The summed E-state index contributed by atoms with van der Waals surface area (Å²) < 4.78 is 0. The fourth-order valence-electron chi connectivity index (χ4n) is 1.62. The first kappa shape index (κ1) is 16.7. The van der Waals surface area contributed by atoms with Gasteiger partial charge in [-0.2, -0.15) is 11.8 Å². The van der Waals surface area contributed by atoms with Crippen molar-refractivity contribution in [1.82, 2.24) is 9.97 Å². The van der Waals surface area contributed by atoms with Crippen LogP contribution in [0.15, 0.2) is 34.2 Å². The summed E-state index contributed by atoms with van der Waals surface area (Å²) in [6, 6.07) is 6.94. The predicted octanol–water partition coefficient (Wildman–Crippen LogP) is 4.62. The van der Waals surface area contributed by atoms with Crippen molar-refractivity contribution in [1.29, 1.82) is 0 Å². The Morgan fingerprint density at radius 2 is 2.05 bits per heavy atom. The van der Waals surface area contributed by atoms with Gasteiger partial charge in [0.15, 0.2) is 5.16 Å². The second-order valence-corrected chi connectivity index (χ2v) is 7.29. The molecule has 112 valence electrons. The number of aromatic amines is 1. The van der Waals surface area contributed by atoms with E-state index in [2.05, 4.69) is 16.9 Å². The third-order valence-electron chi connectivity index (χ3n) is 2.61. The van der Waals surface area contributed by atoms with Gasteiger partial charge in [0, 0.05) is 27.6 Å². The molecule has 3 nitrogen and oxygen atoms in total. The van der Waals surface area contributed by atoms with Gasteiger partial charge in [-0.3, -0.25) is 4.79 Å². The van der Waals surface area contributed by atoms with Crippen molar-refractivity contribution >= 4 is 46.7 Å². The van der Waals surface area contributed by atoms with Gasteiger partial charge in [0.05, 0.1) is 5.69 Å². The summed E-state index contributed by atoms with van der Waals surface area (Å²) in [5.41, 5.74) is 1.64. The van der Waals surface area contributed by atoms with Gasteiger partial charge >= 0.3 is 0 Å². The van der Waals surface area contributed by atoms with E-state index in [9.17, 15) is 4.79 Å². The molecule has 2 aromatic rings. The molecule has 0 bridgehead atoms. The molecule has 0 spiro atoms. The van der Waals surface area contributed by atoms with Gasteiger partial charge in [-0.25, -0.2) is 4.98 Å². The molecule has 0 unspecified atom stereocenters. The molecule has 0 aliphatic heterocycles. The van der Waals surface area contributed by atoms with E-state index in [1.165, 1.54) is 11.8 Å². The molecule has 0 atom stereocenters. The van der Waals surface area contributed by atoms with E-state index < -0.39 is 0 Å². The minimum atomic E-state index is -0.124. The normalized spacial score (nSPS) is 10.8. The van der Waals surface area contributed by atoms with Crippen LogP contribution in [-0.4, -0.2) is 15.7 Å². The molecule has 0 aliphatic rings. The van der Waals surface area contributed by atoms with Crippen LogP contribution in [0.2, 0.25) is 10.0 Å². The van der Waals surface area contributed by atoms with Crippen molar-refractivity contribution < 1.29 is 0 Å². The van der Waals surface area contributed by atoms with Crippen LogP contribution in [0.25, 0.3) is 0 Å². The lowest BCUT2D eigenvalue weighted by atomic mass is 10.2. The molecule has 21 heavy (non-hydrogen) atoms. The summed E-state index contributed by atoms with van der Waals surface area (Å²) in [4.78, 5) is 18.8. The van der Waals surface area contributed by atoms with Gasteiger partial charge in [-0.1, -0.05) is 48.0 Å². The Kier molecular flexibility index (Phi) is 6.48. The minimum absolute atomic E-state index is 0.124. The van der Waals surface area contributed by atoms with Crippen molar-refractivity contribution in [3.63, 3.8) is 0 Å². The lowest BCUT2D eigenvalue weighted by Gasteiger charge is -2.06. The molecular weight excluding hydrogens is 347 g/mol. The van der Waals surface area contributed by atoms with Crippen molar-refractivity contribution in [3.05, 3.63) is 55.9 Å². The van der Waals surface area contributed by atoms with Gasteiger partial charge in [0.2, 0.25) is 0 Å². The number of benzene rings is 1. The highest BCUT2D eigenvalue weighted by Gasteiger charge is 2.06. The second-order valence-electron chi connectivity index (χ2n) is 4.20. The van der Waals surface area contributed by atoms with Crippen LogP contribution in [0, 0.1) is 0 Å². The van der Waals surface area contributed by atoms with Crippen molar-refractivity contribution in [3.8, 4) is 0 Å². The van der Waals surface area contributed by atoms with E-state index in [0.29, 0.717) is 21.0 Å². The first-order valence-corrected chi connectivity index (χ1v) is 9.23. The molecule has 7 heteroatoms. The number of halogens is 2. The van der Waals surface area contributed by atoms with E-state index in [0.717, 1.165) is 22.8 Å². The fourth-order valence-corrected chi connectivity index (χ4v) is 3.63. The van der Waals surface area contributed by atoms with Gasteiger partial charge in [-0.05, 0) is 23.4 Å². The Bertz CT molecular complexity index is 676. The zero-order valence-electron chi connectivity index (χ0n) is 11.4. The summed E-state index contributed by atoms with van der Waals surface area (Å²) in [7, 11) is 0. The third-order valence-corrected chi connectivity index (χ3v) is 5.02. The van der Waals surface area contributed by atoms with Gasteiger partial charge < -0.3 is 4.98 Å². The topological polar surface area (TPSA) is 45.8 Å². The average Bonchev–Trinajstić information content (AvgIpc) is 2.43. The zero-order chi connectivity index (χ0) is 15.2. The fraction of sp³-hybridized carbons (Fsp3) is 0.286. The number of nitrogens with zero attached hydrogens (tertiary/aromatic N) is 1. The Morgan fingerprint density at radius 3 is 2.76 bits per heavy atom. The molecule has 0 saturated carbocycles. The molecule has 0 saturated heterocycles. The SMILES string of the molecule is CCSCc1cc(=O)[nH]c(SCc2ccc(Cl)cc2Cl)n1. The summed E-state index contributed by atoms with van der Waals surface area (Å²) >= 11 is 15.2. The predicted molar refractivity (Wildman–Crippen MR) is 92.7 cm³/mol. The monoisotopic (exact) mass is 360 g/mol. The molecule has 1 aromatic heterocycles. The first-order chi connectivity index (χ1) is 10.1. The van der Waals surface area contributed by atoms with Crippen molar-refractivity contribution in [2.45, 2.75) is 23.6 Å². The van der Waals surface area contributed by atoms with E-state index in [4.69, 9.17) is 23.2 Å². The molecule has 0 fully saturated rings. The van der Waals surface area contributed by atoms with E-state index >= 15 is 0 Å². The maximum Gasteiger partial charge on any atom is 0.251 e. The largest absolute Gasteiger partial charge is 0.301 e. The van der Waals surface area contributed by atoms with Crippen molar-refractivity contribution in [2.75, 3.05) is 5.75 Å². The minimum Gasteiger partial charge on any atom is -0.301 e. The number of nitrogens with one attached hydrogen (secondary N) is 1. The number of aromatic nitrogens is 2. The molecule has 2 rings (SSSR count). The summed E-state index contributed by atoms with van der Waals surface area (Å²) in [6.45, 7) is 2.08. The molecule has 0 radical (unpaired) electrons. The molecule has 1 N–H and O–H groups in total. The summed E-state index contributed by atoms with van der Waals surface area (Å²) in [5, 5.41) is 1.84. The van der Waals surface area contributed by atoms with E-state index in [1.54, 1.807) is 30.0 Å². The maximum atomic E-state index is 11.6. The number of thioether (sulfide) groups is 2. The summed E-state index contributed by atoms with van der Waals surface area (Å²) in [5.74, 6) is 2.37. The molecular formula is C14H14Cl2N2OS2. The average molecular weight is 361 g/mol. The molecule has 1 heterocycles. The van der Waals surface area contributed by atoms with Gasteiger partial charge in [-0.15, -0.1) is 0 Å². The number of hydrogen-bond donors (Lipinski definition) is 1. The molecule has 0 aliphatic carbocycles. The van der Waals surface area contributed by atoms with Gasteiger partial charge in [0.25, 0.3) is 5.56 Å². The van der Waals surface area contributed by atoms with Crippen LogP contribution in [0.5, 0.6) is 0 Å².